The Morgan fingerprint density at radius 3 is 2.67 bits per heavy atom. The molecule has 1 saturated carbocycles. The topological polar surface area (TPSA) is 83.6 Å². The summed E-state index contributed by atoms with van der Waals surface area (Å²) in [5.41, 5.74) is 4.66. The zero-order chi connectivity index (χ0) is 24.2. The fourth-order valence-corrected chi connectivity index (χ4v) is 5.67. The Hall–Kier alpha value is -4.40. The lowest BCUT2D eigenvalue weighted by atomic mass is 10.1. The summed E-state index contributed by atoms with van der Waals surface area (Å²) in [5.74, 6) is 1.55. The lowest BCUT2D eigenvalue weighted by Crippen LogP contribution is -2.51. The van der Waals surface area contributed by atoms with Crippen LogP contribution in [0.25, 0.3) is 5.69 Å². The third-order valence-corrected chi connectivity index (χ3v) is 7.42. The Kier molecular flexibility index (Phi) is 4.70. The number of anilines is 3. The summed E-state index contributed by atoms with van der Waals surface area (Å²) in [6, 6.07) is 18.8. The van der Waals surface area contributed by atoms with Crippen LogP contribution in [0.2, 0.25) is 0 Å². The zero-order valence-electron chi connectivity index (χ0n) is 20.0. The molecule has 1 N–H and O–H groups in total. The van der Waals surface area contributed by atoms with Gasteiger partial charge in [-0.1, -0.05) is 30.3 Å². The molecule has 4 heterocycles. The molecule has 0 radical (unpaired) electrons. The van der Waals surface area contributed by atoms with Crippen LogP contribution in [0.3, 0.4) is 0 Å². The van der Waals surface area contributed by atoms with Crippen LogP contribution in [-0.4, -0.2) is 55.2 Å². The number of hydrogen-bond acceptors (Lipinski definition) is 6. The number of aromatic nitrogens is 4. The number of amides is 1. The molecule has 1 aliphatic carbocycles. The molecular formula is C27H26N8O. The normalized spacial score (nSPS) is 20.2. The average Bonchev–Trinajstić information content (AvgIpc) is 3.69. The highest BCUT2D eigenvalue weighted by Gasteiger charge is 2.48. The van der Waals surface area contributed by atoms with E-state index >= 15 is 0 Å². The highest BCUT2D eigenvalue weighted by Crippen LogP contribution is 2.44. The molecule has 36 heavy (non-hydrogen) atoms. The first-order valence-electron chi connectivity index (χ1n) is 12.3. The molecule has 9 nitrogen and oxygen atoms in total. The van der Waals surface area contributed by atoms with Gasteiger partial charge in [0.1, 0.15) is 24.0 Å². The second kappa shape index (κ2) is 8.08. The molecule has 7 rings (SSSR count). The van der Waals surface area contributed by atoms with Gasteiger partial charge in [-0.3, -0.25) is 9.69 Å². The third kappa shape index (κ3) is 3.23. The Labute approximate surface area is 208 Å². The first kappa shape index (κ1) is 20.9. The van der Waals surface area contributed by atoms with Crippen LogP contribution in [0.15, 0.2) is 78.4 Å². The summed E-state index contributed by atoms with van der Waals surface area (Å²) in [4.78, 5) is 26.7. The lowest BCUT2D eigenvalue weighted by molar-refractivity contribution is 0.0866. The standard InChI is InChI=1S/C27H26N8O/c1-32-26(36)24-23(35-22-9-5-8-21(22)31-27(32)35)15-33(25(24)30-19-6-3-2-4-7-19)14-18-10-12-20(13-11-18)34-17-28-16-29-34/h2-4,6-7,10-13,15-17,21-22,30H,5,8-9,14H2,1H3. The molecule has 1 amide bonds. The summed E-state index contributed by atoms with van der Waals surface area (Å²) >= 11 is 0. The Morgan fingerprint density at radius 2 is 1.89 bits per heavy atom. The van der Waals surface area contributed by atoms with Crippen LogP contribution in [0.1, 0.15) is 35.2 Å². The highest BCUT2D eigenvalue weighted by molar-refractivity contribution is 6.22. The van der Waals surface area contributed by atoms with Gasteiger partial charge in [-0.25, -0.2) is 14.7 Å². The van der Waals surface area contributed by atoms with Gasteiger partial charge < -0.3 is 14.8 Å². The summed E-state index contributed by atoms with van der Waals surface area (Å²) in [5, 5.41) is 7.76. The number of aliphatic imine (C=N–C) groups is 1. The van der Waals surface area contributed by atoms with Gasteiger partial charge in [0.25, 0.3) is 5.91 Å². The molecule has 9 heteroatoms. The number of nitrogens with zero attached hydrogens (tertiary/aromatic N) is 7. The Morgan fingerprint density at radius 1 is 1.06 bits per heavy atom. The van der Waals surface area contributed by atoms with E-state index in [1.165, 1.54) is 12.7 Å². The number of carbonyl (C=O) groups excluding carboxylic acids is 1. The van der Waals surface area contributed by atoms with Crippen molar-refractivity contribution in [3.05, 3.63) is 84.6 Å². The van der Waals surface area contributed by atoms with Gasteiger partial charge in [-0.2, -0.15) is 5.10 Å². The molecule has 3 aliphatic rings. The van der Waals surface area contributed by atoms with Crippen molar-refractivity contribution in [3.63, 3.8) is 0 Å². The molecule has 0 bridgehead atoms. The van der Waals surface area contributed by atoms with Crippen molar-refractivity contribution in [3.8, 4) is 5.69 Å². The summed E-state index contributed by atoms with van der Waals surface area (Å²) in [6.07, 6.45) is 8.67. The number of fused-ring (bicyclic) bond motifs is 5. The minimum Gasteiger partial charge on any atom is -0.341 e. The summed E-state index contributed by atoms with van der Waals surface area (Å²) in [7, 11) is 1.84. The predicted octanol–water partition coefficient (Wildman–Crippen LogP) is 4.04. The summed E-state index contributed by atoms with van der Waals surface area (Å²) in [6.45, 7) is 0.616. The molecule has 1 fully saturated rings. The molecular weight excluding hydrogens is 452 g/mol. The lowest BCUT2D eigenvalue weighted by Gasteiger charge is -2.35. The molecule has 0 spiro atoms. The summed E-state index contributed by atoms with van der Waals surface area (Å²) < 4.78 is 3.89. The zero-order valence-corrected chi connectivity index (χ0v) is 20.0. The fourth-order valence-electron chi connectivity index (χ4n) is 5.67. The quantitative estimate of drug-likeness (QED) is 0.468. The first-order chi connectivity index (χ1) is 17.7. The minimum absolute atomic E-state index is 0.0290. The highest BCUT2D eigenvalue weighted by atomic mass is 16.2. The van der Waals surface area contributed by atoms with Crippen molar-refractivity contribution < 1.29 is 4.79 Å². The second-order valence-corrected chi connectivity index (χ2v) is 9.59. The van der Waals surface area contributed by atoms with E-state index in [-0.39, 0.29) is 11.9 Å². The van der Waals surface area contributed by atoms with Gasteiger partial charge in [0, 0.05) is 25.5 Å². The van der Waals surface area contributed by atoms with E-state index < -0.39 is 0 Å². The van der Waals surface area contributed by atoms with Crippen molar-refractivity contribution in [2.45, 2.75) is 37.9 Å². The van der Waals surface area contributed by atoms with Crippen molar-refractivity contribution in [1.82, 2.24) is 24.2 Å². The van der Waals surface area contributed by atoms with Gasteiger partial charge in [0.2, 0.25) is 5.96 Å². The number of hydrogen-bond donors (Lipinski definition) is 1. The average molecular weight is 479 g/mol. The molecule has 180 valence electrons. The largest absolute Gasteiger partial charge is 0.341 e. The van der Waals surface area contributed by atoms with Crippen LogP contribution in [0.5, 0.6) is 0 Å². The molecule has 4 aromatic rings. The first-order valence-corrected chi connectivity index (χ1v) is 12.3. The smallest absolute Gasteiger partial charge is 0.266 e. The van der Waals surface area contributed by atoms with Crippen LogP contribution >= 0.6 is 0 Å². The minimum atomic E-state index is -0.0290. The van der Waals surface area contributed by atoms with Gasteiger partial charge in [-0.05, 0) is 49.1 Å². The van der Waals surface area contributed by atoms with E-state index in [4.69, 9.17) is 4.99 Å². The van der Waals surface area contributed by atoms with Crippen molar-refractivity contribution in [1.29, 1.82) is 0 Å². The fraction of sp³-hybridized carbons (Fsp3) is 0.259. The van der Waals surface area contributed by atoms with Crippen LogP contribution in [-0.2, 0) is 6.54 Å². The van der Waals surface area contributed by atoms with Crippen molar-refractivity contribution >= 4 is 29.1 Å². The van der Waals surface area contributed by atoms with E-state index in [1.54, 1.807) is 15.9 Å². The number of nitrogens with one attached hydrogen (secondary N) is 1. The molecule has 2 aromatic carbocycles. The maximum atomic E-state index is 13.7. The third-order valence-electron chi connectivity index (χ3n) is 7.42. The number of carbonyl (C=O) groups is 1. The van der Waals surface area contributed by atoms with Gasteiger partial charge in [-0.15, -0.1) is 0 Å². The molecule has 0 saturated heterocycles. The van der Waals surface area contributed by atoms with Crippen LogP contribution in [0, 0.1) is 0 Å². The number of rotatable bonds is 5. The second-order valence-electron chi connectivity index (χ2n) is 9.59. The molecule has 2 aliphatic heterocycles. The molecule has 2 atom stereocenters. The van der Waals surface area contributed by atoms with Gasteiger partial charge in [0.05, 0.1) is 23.5 Å². The monoisotopic (exact) mass is 478 g/mol. The van der Waals surface area contributed by atoms with Crippen LogP contribution in [0.4, 0.5) is 17.2 Å². The van der Waals surface area contributed by atoms with E-state index in [0.717, 1.165) is 47.2 Å². The number of benzene rings is 2. The van der Waals surface area contributed by atoms with Crippen molar-refractivity contribution in [2.75, 3.05) is 17.3 Å². The van der Waals surface area contributed by atoms with E-state index in [9.17, 15) is 4.79 Å². The van der Waals surface area contributed by atoms with E-state index in [0.29, 0.717) is 18.2 Å². The van der Waals surface area contributed by atoms with E-state index in [1.807, 2.05) is 49.5 Å². The maximum absolute atomic E-state index is 13.7. The number of guanidine groups is 1. The van der Waals surface area contributed by atoms with Crippen LogP contribution < -0.4 is 10.2 Å². The number of para-hydroxylation sites is 1. The Balaban J connectivity index is 1.31. The predicted molar refractivity (Wildman–Crippen MR) is 138 cm³/mol. The Bertz CT molecular complexity index is 1460. The molecule has 2 unspecified atom stereocenters. The van der Waals surface area contributed by atoms with Crippen molar-refractivity contribution in [2.24, 2.45) is 4.99 Å². The van der Waals surface area contributed by atoms with Gasteiger partial charge >= 0.3 is 0 Å². The molecule has 2 aromatic heterocycles. The maximum Gasteiger partial charge on any atom is 0.266 e. The van der Waals surface area contributed by atoms with Gasteiger partial charge in [0.15, 0.2) is 0 Å². The SMILES string of the molecule is CN1C(=O)c2c(cn(Cc3ccc(-n4cncn4)cc3)c2Nc2ccccc2)N2C1=NC1CCCC12. The van der Waals surface area contributed by atoms with E-state index in [2.05, 4.69) is 43.2 Å².